The largest absolute Gasteiger partial charge is 0.310 e. The normalized spacial score (nSPS) is 12.3. The molecule has 0 radical (unpaired) electrons. The maximum atomic E-state index is 6.07. The molecule has 1 N–H and O–H groups in total. The number of halogens is 1. The summed E-state index contributed by atoms with van der Waals surface area (Å²) in [7, 11) is 0. The van der Waals surface area contributed by atoms with E-state index < -0.39 is 0 Å². The predicted molar refractivity (Wildman–Crippen MR) is 85.2 cm³/mol. The first-order valence-corrected chi connectivity index (χ1v) is 7.47. The standard InChI is InChI=1S/C17H21ClN2/c1-3-9-19-17(15-8-7-13(2)20-12-15)11-14-5-4-6-16(18)10-14/h4-8,10,12,17,19H,3,9,11H2,1-2H3. The van der Waals surface area contributed by atoms with E-state index in [1.165, 1.54) is 11.1 Å². The number of rotatable bonds is 6. The van der Waals surface area contributed by atoms with Gasteiger partial charge in [0, 0.05) is 23.0 Å². The fourth-order valence-corrected chi connectivity index (χ4v) is 2.42. The molecule has 0 saturated carbocycles. The van der Waals surface area contributed by atoms with E-state index >= 15 is 0 Å². The van der Waals surface area contributed by atoms with Gasteiger partial charge in [-0.05, 0) is 55.6 Å². The molecule has 0 bridgehead atoms. The summed E-state index contributed by atoms with van der Waals surface area (Å²) in [6, 6.07) is 12.6. The molecule has 2 nitrogen and oxygen atoms in total. The lowest BCUT2D eigenvalue weighted by atomic mass is 10.00. The van der Waals surface area contributed by atoms with E-state index in [9.17, 15) is 0 Å². The number of nitrogens with zero attached hydrogens (tertiary/aromatic N) is 1. The Morgan fingerprint density at radius 1 is 1.25 bits per heavy atom. The molecular weight excluding hydrogens is 268 g/mol. The SMILES string of the molecule is CCCNC(Cc1cccc(Cl)c1)c1ccc(C)nc1. The van der Waals surface area contributed by atoms with E-state index in [2.05, 4.69) is 35.4 Å². The summed E-state index contributed by atoms with van der Waals surface area (Å²) in [4.78, 5) is 4.40. The zero-order valence-electron chi connectivity index (χ0n) is 12.1. The van der Waals surface area contributed by atoms with Gasteiger partial charge in [0.1, 0.15) is 0 Å². The minimum Gasteiger partial charge on any atom is -0.310 e. The van der Waals surface area contributed by atoms with Crippen molar-refractivity contribution in [2.24, 2.45) is 0 Å². The highest BCUT2D eigenvalue weighted by molar-refractivity contribution is 6.30. The lowest BCUT2D eigenvalue weighted by Crippen LogP contribution is -2.24. The van der Waals surface area contributed by atoms with Crippen molar-refractivity contribution in [3.8, 4) is 0 Å². The Morgan fingerprint density at radius 3 is 2.75 bits per heavy atom. The van der Waals surface area contributed by atoms with Crippen molar-refractivity contribution in [1.82, 2.24) is 10.3 Å². The molecule has 1 atom stereocenters. The maximum absolute atomic E-state index is 6.07. The van der Waals surface area contributed by atoms with E-state index in [-0.39, 0.29) is 6.04 Å². The number of pyridine rings is 1. The van der Waals surface area contributed by atoms with Gasteiger partial charge in [-0.25, -0.2) is 0 Å². The van der Waals surface area contributed by atoms with Crippen molar-refractivity contribution < 1.29 is 0 Å². The van der Waals surface area contributed by atoms with Crippen molar-refractivity contribution in [3.05, 3.63) is 64.4 Å². The molecule has 1 unspecified atom stereocenters. The van der Waals surface area contributed by atoms with E-state index in [0.29, 0.717) is 0 Å². The molecule has 0 fully saturated rings. The summed E-state index contributed by atoms with van der Waals surface area (Å²) in [6.45, 7) is 5.19. The minimum absolute atomic E-state index is 0.279. The zero-order valence-corrected chi connectivity index (χ0v) is 12.8. The first-order valence-electron chi connectivity index (χ1n) is 7.09. The quantitative estimate of drug-likeness (QED) is 0.856. The van der Waals surface area contributed by atoms with Crippen LogP contribution in [0.2, 0.25) is 5.02 Å². The molecule has 0 amide bonds. The van der Waals surface area contributed by atoms with Crippen molar-refractivity contribution >= 4 is 11.6 Å². The van der Waals surface area contributed by atoms with Crippen LogP contribution in [0.4, 0.5) is 0 Å². The molecule has 0 aliphatic rings. The molecule has 2 aromatic rings. The number of hydrogen-bond acceptors (Lipinski definition) is 2. The Hall–Kier alpha value is -1.38. The predicted octanol–water partition coefficient (Wildman–Crippen LogP) is 4.33. The van der Waals surface area contributed by atoms with Crippen LogP contribution in [0.1, 0.15) is 36.2 Å². The van der Waals surface area contributed by atoms with Gasteiger partial charge >= 0.3 is 0 Å². The Balaban J connectivity index is 2.16. The van der Waals surface area contributed by atoms with Gasteiger partial charge in [0.15, 0.2) is 0 Å². The Kier molecular flexibility index (Phi) is 5.57. The fourth-order valence-electron chi connectivity index (χ4n) is 2.21. The second kappa shape index (κ2) is 7.41. The summed E-state index contributed by atoms with van der Waals surface area (Å²) in [5.41, 5.74) is 3.52. The summed E-state index contributed by atoms with van der Waals surface area (Å²) >= 11 is 6.07. The fraction of sp³-hybridized carbons (Fsp3) is 0.353. The smallest absolute Gasteiger partial charge is 0.0408 e. The molecule has 20 heavy (non-hydrogen) atoms. The Morgan fingerprint density at radius 2 is 2.10 bits per heavy atom. The lowest BCUT2D eigenvalue weighted by molar-refractivity contribution is 0.528. The van der Waals surface area contributed by atoms with Gasteiger partial charge in [-0.2, -0.15) is 0 Å². The minimum atomic E-state index is 0.279. The van der Waals surface area contributed by atoms with Gasteiger partial charge in [0.05, 0.1) is 0 Å². The summed E-state index contributed by atoms with van der Waals surface area (Å²) in [5.74, 6) is 0. The van der Waals surface area contributed by atoms with Crippen LogP contribution in [-0.2, 0) is 6.42 Å². The second-order valence-electron chi connectivity index (χ2n) is 5.07. The molecule has 1 aromatic heterocycles. The van der Waals surface area contributed by atoms with Crippen LogP contribution in [0.15, 0.2) is 42.6 Å². The van der Waals surface area contributed by atoms with Crippen LogP contribution in [0.3, 0.4) is 0 Å². The van der Waals surface area contributed by atoms with Gasteiger partial charge < -0.3 is 5.32 Å². The zero-order chi connectivity index (χ0) is 14.4. The third-order valence-corrected chi connectivity index (χ3v) is 3.54. The molecule has 2 rings (SSSR count). The summed E-state index contributed by atoms with van der Waals surface area (Å²) < 4.78 is 0. The molecular formula is C17H21ClN2. The number of benzene rings is 1. The monoisotopic (exact) mass is 288 g/mol. The average molecular weight is 289 g/mol. The van der Waals surface area contributed by atoms with Gasteiger partial charge in [0.2, 0.25) is 0 Å². The van der Waals surface area contributed by atoms with Crippen LogP contribution in [0.25, 0.3) is 0 Å². The molecule has 106 valence electrons. The van der Waals surface area contributed by atoms with E-state index in [1.54, 1.807) is 0 Å². The highest BCUT2D eigenvalue weighted by atomic mass is 35.5. The topological polar surface area (TPSA) is 24.9 Å². The van der Waals surface area contributed by atoms with Gasteiger partial charge in [0.25, 0.3) is 0 Å². The van der Waals surface area contributed by atoms with E-state index in [1.807, 2.05) is 31.3 Å². The van der Waals surface area contributed by atoms with E-state index in [4.69, 9.17) is 11.6 Å². The van der Waals surface area contributed by atoms with E-state index in [0.717, 1.165) is 30.1 Å². The third-order valence-electron chi connectivity index (χ3n) is 3.31. The van der Waals surface area contributed by atoms with Crippen molar-refractivity contribution in [3.63, 3.8) is 0 Å². The molecule has 1 aromatic carbocycles. The van der Waals surface area contributed by atoms with Crippen LogP contribution < -0.4 is 5.32 Å². The first kappa shape index (κ1) is 15.0. The molecule has 3 heteroatoms. The Bertz CT molecular complexity index is 537. The first-order chi connectivity index (χ1) is 9.69. The average Bonchev–Trinajstić information content (AvgIpc) is 2.44. The highest BCUT2D eigenvalue weighted by Gasteiger charge is 2.12. The number of nitrogens with one attached hydrogen (secondary N) is 1. The van der Waals surface area contributed by atoms with Gasteiger partial charge in [-0.1, -0.05) is 36.7 Å². The summed E-state index contributed by atoms with van der Waals surface area (Å²) in [6.07, 6.45) is 4.00. The van der Waals surface area contributed by atoms with Crippen molar-refractivity contribution in [2.75, 3.05) is 6.54 Å². The van der Waals surface area contributed by atoms with Crippen LogP contribution >= 0.6 is 11.6 Å². The van der Waals surface area contributed by atoms with Crippen LogP contribution in [0, 0.1) is 6.92 Å². The number of aryl methyl sites for hydroxylation is 1. The Labute approximate surface area is 126 Å². The van der Waals surface area contributed by atoms with Crippen molar-refractivity contribution in [2.45, 2.75) is 32.7 Å². The van der Waals surface area contributed by atoms with Gasteiger partial charge in [-0.3, -0.25) is 4.98 Å². The number of hydrogen-bond donors (Lipinski definition) is 1. The van der Waals surface area contributed by atoms with Crippen molar-refractivity contribution in [1.29, 1.82) is 0 Å². The van der Waals surface area contributed by atoms with Crippen LogP contribution in [0.5, 0.6) is 0 Å². The van der Waals surface area contributed by atoms with Crippen LogP contribution in [-0.4, -0.2) is 11.5 Å². The molecule has 1 heterocycles. The van der Waals surface area contributed by atoms with Gasteiger partial charge in [-0.15, -0.1) is 0 Å². The molecule has 0 saturated heterocycles. The lowest BCUT2D eigenvalue weighted by Gasteiger charge is -2.19. The summed E-state index contributed by atoms with van der Waals surface area (Å²) in [5, 5.41) is 4.38. The second-order valence-corrected chi connectivity index (χ2v) is 5.51. The number of aromatic nitrogens is 1. The maximum Gasteiger partial charge on any atom is 0.0408 e. The molecule has 0 aliphatic carbocycles. The third kappa shape index (κ3) is 4.32. The molecule has 0 aliphatic heterocycles. The highest BCUT2D eigenvalue weighted by Crippen LogP contribution is 2.20. The molecule has 0 spiro atoms.